The summed E-state index contributed by atoms with van der Waals surface area (Å²) in [5.74, 6) is 0.826. The number of aryl methyl sites for hydroxylation is 3. The molecule has 3 heterocycles. The van der Waals surface area contributed by atoms with Gasteiger partial charge in [-0.15, -0.1) is 35.9 Å². The summed E-state index contributed by atoms with van der Waals surface area (Å²) in [6.07, 6.45) is 6.74. The van der Waals surface area contributed by atoms with Crippen LogP contribution in [0, 0.1) is 26.1 Å². The Morgan fingerprint density at radius 1 is 0.741 bits per heavy atom. The Bertz CT molecular complexity index is 2680. The van der Waals surface area contributed by atoms with Gasteiger partial charge < -0.3 is 14.0 Å². The van der Waals surface area contributed by atoms with E-state index >= 15 is 0 Å². The third-order valence-electron chi connectivity index (χ3n) is 9.30. The second-order valence-corrected chi connectivity index (χ2v) is 13.1. The summed E-state index contributed by atoms with van der Waals surface area (Å²) in [6, 6.07) is 54.4. The number of aromatic nitrogens is 3. The Kier molecular flexibility index (Phi) is 9.97. The van der Waals surface area contributed by atoms with Crippen molar-refractivity contribution in [2.75, 3.05) is 0 Å². The number of nitrogens with zero attached hydrogens (tertiary/aromatic N) is 3. The van der Waals surface area contributed by atoms with Gasteiger partial charge in [0.15, 0.2) is 0 Å². The molecule has 0 atom stereocenters. The maximum absolute atomic E-state index is 7.23. The van der Waals surface area contributed by atoms with Crippen molar-refractivity contribution in [1.29, 1.82) is 0 Å². The predicted molar refractivity (Wildman–Crippen MR) is 218 cm³/mol. The quantitative estimate of drug-likeness (QED) is 0.150. The van der Waals surface area contributed by atoms with Crippen LogP contribution in [-0.2, 0) is 26.5 Å². The van der Waals surface area contributed by atoms with Gasteiger partial charge in [0.2, 0.25) is 0 Å². The smallest absolute Gasteiger partial charge is 0.0774 e. The van der Waals surface area contributed by atoms with E-state index in [2.05, 4.69) is 145 Å². The monoisotopic (exact) mass is 881 g/mol. The molecule has 54 heavy (non-hydrogen) atoms. The zero-order valence-electron chi connectivity index (χ0n) is 33.0. The molecule has 0 unspecified atom stereocenters. The number of fused-ring (bicyclic) bond motifs is 2. The molecule has 9 aromatic rings. The van der Waals surface area contributed by atoms with Crippen LogP contribution in [0.1, 0.15) is 34.1 Å². The summed E-state index contributed by atoms with van der Waals surface area (Å²) in [4.78, 5) is 9.35. The van der Waals surface area contributed by atoms with E-state index < -0.39 is 6.85 Å². The van der Waals surface area contributed by atoms with Gasteiger partial charge >= 0.3 is 0 Å². The predicted octanol–water partition coefficient (Wildman–Crippen LogP) is 12.7. The zero-order valence-corrected chi connectivity index (χ0v) is 32.4. The van der Waals surface area contributed by atoms with Gasteiger partial charge in [-0.25, -0.2) is 0 Å². The van der Waals surface area contributed by atoms with Crippen LogP contribution < -0.4 is 0 Å². The number of imidazole rings is 1. The van der Waals surface area contributed by atoms with Crippen LogP contribution in [-0.4, -0.2) is 14.5 Å². The van der Waals surface area contributed by atoms with Crippen LogP contribution in [0.25, 0.3) is 72.6 Å². The van der Waals surface area contributed by atoms with Crippen LogP contribution in [0.15, 0.2) is 162 Å². The number of benzene rings is 6. The molecule has 6 aromatic carbocycles. The average molecular weight is 881 g/mol. The number of para-hydroxylation sites is 2. The Hall–Kier alpha value is -5.87. The summed E-state index contributed by atoms with van der Waals surface area (Å²) in [5, 5.41) is 1.04. The van der Waals surface area contributed by atoms with Gasteiger partial charge in [0.1, 0.15) is 0 Å². The summed E-state index contributed by atoms with van der Waals surface area (Å²) in [6.45, 7) is 2.29. The fourth-order valence-corrected chi connectivity index (χ4v) is 6.85. The molecule has 5 heteroatoms. The van der Waals surface area contributed by atoms with Crippen LogP contribution >= 0.6 is 0 Å². The zero-order chi connectivity index (χ0) is 38.6. The molecule has 0 bridgehead atoms. The van der Waals surface area contributed by atoms with Crippen molar-refractivity contribution >= 4 is 22.0 Å². The van der Waals surface area contributed by atoms with Crippen molar-refractivity contribution in [3.63, 3.8) is 0 Å². The third-order valence-corrected chi connectivity index (χ3v) is 9.30. The van der Waals surface area contributed by atoms with Gasteiger partial charge in [-0.2, -0.15) is 0 Å². The van der Waals surface area contributed by atoms with Gasteiger partial charge in [-0.1, -0.05) is 133 Å². The Labute approximate surface area is 334 Å². The topological polar surface area (TPSA) is 43.9 Å². The van der Waals surface area contributed by atoms with Crippen molar-refractivity contribution in [3.05, 3.63) is 187 Å². The van der Waals surface area contributed by atoms with Gasteiger partial charge in [0.05, 0.1) is 22.5 Å². The van der Waals surface area contributed by atoms with Crippen molar-refractivity contribution in [3.8, 4) is 50.6 Å². The minimum atomic E-state index is -2.09. The molecule has 0 saturated heterocycles. The van der Waals surface area contributed by atoms with E-state index in [9.17, 15) is 0 Å². The maximum atomic E-state index is 7.23. The Balaban J connectivity index is 0.000000246. The van der Waals surface area contributed by atoms with Gasteiger partial charge in [0, 0.05) is 53.4 Å². The molecule has 0 fully saturated rings. The standard InChI is InChI=1S/C37H29N2O.C12H10N.Ir/c1-3-12-26-19-20-35-31(23-26)32(24-40-35)37-38-33-17-10-11-18-34(33)39(37)36-29(27-13-6-4-7-14-27)21-25(2)22-30(36)28-15-8-5-9-16-28;1-10-7-8-12(13-9-10)11-5-3-2-4-6-11;/h4-11,13-23H,3,12H2,1-2H3;2-5,7-9H,1H3;/q2*-1;/i;1D3;. The van der Waals surface area contributed by atoms with E-state index in [1.165, 1.54) is 17.3 Å². The molecule has 4 nitrogen and oxygen atoms in total. The molecule has 0 saturated carbocycles. The van der Waals surface area contributed by atoms with Crippen LogP contribution in [0.3, 0.4) is 0 Å². The molecule has 0 aliphatic heterocycles. The summed E-state index contributed by atoms with van der Waals surface area (Å²) < 4.78 is 30.0. The fourth-order valence-electron chi connectivity index (χ4n) is 6.85. The largest absolute Gasteiger partial charge is 0.557 e. The second-order valence-electron chi connectivity index (χ2n) is 13.1. The van der Waals surface area contributed by atoms with Crippen molar-refractivity contribution in [2.45, 2.75) is 33.5 Å². The summed E-state index contributed by atoms with van der Waals surface area (Å²) >= 11 is 0. The number of furan rings is 1. The van der Waals surface area contributed by atoms with Crippen molar-refractivity contribution < 1.29 is 28.6 Å². The van der Waals surface area contributed by atoms with E-state index in [-0.39, 0.29) is 25.7 Å². The Morgan fingerprint density at radius 2 is 1.44 bits per heavy atom. The molecule has 9 rings (SSSR count). The molecule has 0 aliphatic rings. The molecular formula is C49H39IrN3O-2. The molecule has 267 valence electrons. The molecule has 3 aromatic heterocycles. The first-order valence-electron chi connectivity index (χ1n) is 19.4. The second kappa shape index (κ2) is 16.4. The van der Waals surface area contributed by atoms with Gasteiger partial charge in [-0.05, 0) is 72.4 Å². The first kappa shape index (κ1) is 32.8. The summed E-state index contributed by atoms with van der Waals surface area (Å²) in [7, 11) is 0. The Morgan fingerprint density at radius 3 is 2.09 bits per heavy atom. The third kappa shape index (κ3) is 7.47. The first-order chi connectivity index (χ1) is 27.3. The summed E-state index contributed by atoms with van der Waals surface area (Å²) in [5.41, 5.74) is 13.8. The minimum absolute atomic E-state index is 0. The van der Waals surface area contributed by atoms with Crippen LogP contribution in [0.2, 0.25) is 0 Å². The van der Waals surface area contributed by atoms with E-state index in [0.717, 1.165) is 85.4 Å². The number of rotatable bonds is 7. The van der Waals surface area contributed by atoms with E-state index in [4.69, 9.17) is 13.5 Å². The SMILES string of the molecule is CCCc1ccc2o[c-]c(-c3nc4ccccc4n3-c3c(-c4ccccc4)cc(C)cc3-c3ccccc3)c2c1.[2H]C([2H])([2H])c1ccc(-c2[c-]cccc2)nc1.[Ir]. The first-order valence-corrected chi connectivity index (χ1v) is 17.9. The van der Waals surface area contributed by atoms with E-state index in [1.807, 2.05) is 24.3 Å². The van der Waals surface area contributed by atoms with Crippen molar-refractivity contribution in [1.82, 2.24) is 14.5 Å². The fraction of sp³-hybridized carbons (Fsp3) is 0.102. The minimum Gasteiger partial charge on any atom is -0.557 e. The molecule has 1 radical (unpaired) electrons. The van der Waals surface area contributed by atoms with Crippen LogP contribution in [0.4, 0.5) is 0 Å². The molecule has 0 spiro atoms. The number of pyridine rings is 1. The van der Waals surface area contributed by atoms with Crippen LogP contribution in [0.5, 0.6) is 0 Å². The number of hydrogen-bond acceptors (Lipinski definition) is 3. The van der Waals surface area contributed by atoms with E-state index in [0.29, 0.717) is 0 Å². The van der Waals surface area contributed by atoms with E-state index in [1.54, 1.807) is 18.2 Å². The number of hydrogen-bond donors (Lipinski definition) is 0. The molecule has 0 amide bonds. The molecule has 0 aliphatic carbocycles. The van der Waals surface area contributed by atoms with Crippen molar-refractivity contribution in [2.24, 2.45) is 0 Å². The molecular weight excluding hydrogens is 839 g/mol. The van der Waals surface area contributed by atoms with Gasteiger partial charge in [0.25, 0.3) is 0 Å². The maximum Gasteiger partial charge on any atom is 0.0774 e. The van der Waals surface area contributed by atoms with Gasteiger partial charge in [-0.3, -0.25) is 4.98 Å². The normalized spacial score (nSPS) is 11.9. The average Bonchev–Trinajstić information content (AvgIpc) is 3.83. The molecule has 0 N–H and O–H groups in total.